The van der Waals surface area contributed by atoms with Gasteiger partial charge in [-0.15, -0.1) is 0 Å². The number of benzene rings is 2. The molecule has 32 heavy (non-hydrogen) atoms. The van der Waals surface area contributed by atoms with Crippen LogP contribution in [0.5, 0.6) is 11.5 Å². The van der Waals surface area contributed by atoms with Crippen LogP contribution < -0.4 is 20.4 Å². The molecule has 7 heteroatoms. The van der Waals surface area contributed by atoms with Crippen LogP contribution in [0.3, 0.4) is 0 Å². The SMILES string of the molecule is CCCNC(=O)c1cc2ccc(OC(=O)CCCOc3ccc(C)cc3C)cc2oc1=O. The Morgan fingerprint density at radius 2 is 1.88 bits per heavy atom. The van der Waals surface area contributed by atoms with Gasteiger partial charge in [-0.05, 0) is 56.5 Å². The molecule has 0 aliphatic rings. The van der Waals surface area contributed by atoms with Crippen molar-refractivity contribution in [2.24, 2.45) is 0 Å². The number of esters is 1. The number of aryl methyl sites for hydroxylation is 2. The van der Waals surface area contributed by atoms with Crippen molar-refractivity contribution in [1.82, 2.24) is 5.32 Å². The van der Waals surface area contributed by atoms with Crippen LogP contribution in [0.4, 0.5) is 0 Å². The molecule has 0 spiro atoms. The highest BCUT2D eigenvalue weighted by molar-refractivity contribution is 5.96. The van der Waals surface area contributed by atoms with Crippen LogP contribution >= 0.6 is 0 Å². The molecule has 0 radical (unpaired) electrons. The van der Waals surface area contributed by atoms with Gasteiger partial charge in [-0.3, -0.25) is 9.59 Å². The number of nitrogens with one attached hydrogen (secondary N) is 1. The first-order valence-electron chi connectivity index (χ1n) is 10.6. The summed E-state index contributed by atoms with van der Waals surface area (Å²) in [6, 6.07) is 12.1. The summed E-state index contributed by atoms with van der Waals surface area (Å²) < 4.78 is 16.3. The van der Waals surface area contributed by atoms with Crippen LogP contribution in [0, 0.1) is 13.8 Å². The van der Waals surface area contributed by atoms with Crippen LogP contribution in [0.2, 0.25) is 0 Å². The fourth-order valence-corrected chi connectivity index (χ4v) is 3.19. The average molecular weight is 437 g/mol. The lowest BCUT2D eigenvalue weighted by atomic mass is 10.1. The molecule has 168 valence electrons. The van der Waals surface area contributed by atoms with E-state index in [0.29, 0.717) is 25.0 Å². The standard InChI is InChI=1S/C25H27NO6/c1-4-11-26-24(28)20-14-18-8-9-19(15-22(18)32-25(20)29)31-23(27)6-5-12-30-21-10-7-16(2)13-17(21)3/h7-10,13-15H,4-6,11-12H2,1-3H3,(H,26,28). The first kappa shape index (κ1) is 23.1. The first-order chi connectivity index (χ1) is 15.4. The molecule has 0 saturated heterocycles. The third-order valence-corrected chi connectivity index (χ3v) is 4.83. The molecular weight excluding hydrogens is 410 g/mol. The molecule has 0 fully saturated rings. The van der Waals surface area contributed by atoms with Crippen molar-refractivity contribution in [1.29, 1.82) is 0 Å². The Labute approximate surface area is 186 Å². The number of rotatable bonds is 9. The van der Waals surface area contributed by atoms with Gasteiger partial charge < -0.3 is 19.2 Å². The molecule has 3 rings (SSSR count). The molecule has 0 atom stereocenters. The van der Waals surface area contributed by atoms with E-state index in [1.165, 1.54) is 17.7 Å². The fraction of sp³-hybridized carbons (Fsp3) is 0.320. The minimum absolute atomic E-state index is 0.0560. The van der Waals surface area contributed by atoms with Gasteiger partial charge in [0.25, 0.3) is 5.91 Å². The summed E-state index contributed by atoms with van der Waals surface area (Å²) in [5, 5.41) is 3.22. The topological polar surface area (TPSA) is 94.8 Å². The van der Waals surface area contributed by atoms with Crippen molar-refractivity contribution in [2.75, 3.05) is 13.2 Å². The van der Waals surface area contributed by atoms with Crippen LogP contribution in [0.1, 0.15) is 47.7 Å². The van der Waals surface area contributed by atoms with E-state index in [1.54, 1.807) is 12.1 Å². The van der Waals surface area contributed by atoms with Gasteiger partial charge in [0.2, 0.25) is 0 Å². The zero-order valence-electron chi connectivity index (χ0n) is 18.5. The largest absolute Gasteiger partial charge is 0.493 e. The van der Waals surface area contributed by atoms with Crippen molar-refractivity contribution >= 4 is 22.8 Å². The summed E-state index contributed by atoms with van der Waals surface area (Å²) in [5.41, 5.74) is 1.67. The third kappa shape index (κ3) is 5.97. The maximum absolute atomic E-state index is 12.2. The van der Waals surface area contributed by atoms with E-state index in [-0.39, 0.29) is 23.3 Å². The van der Waals surface area contributed by atoms with Gasteiger partial charge in [0, 0.05) is 24.4 Å². The second-order valence-electron chi connectivity index (χ2n) is 7.60. The van der Waals surface area contributed by atoms with E-state index >= 15 is 0 Å². The third-order valence-electron chi connectivity index (χ3n) is 4.83. The number of fused-ring (bicyclic) bond motifs is 1. The molecule has 1 aromatic heterocycles. The smallest absolute Gasteiger partial charge is 0.349 e. The van der Waals surface area contributed by atoms with Gasteiger partial charge in [-0.2, -0.15) is 0 Å². The van der Waals surface area contributed by atoms with E-state index in [9.17, 15) is 14.4 Å². The highest BCUT2D eigenvalue weighted by atomic mass is 16.5. The lowest BCUT2D eigenvalue weighted by molar-refractivity contribution is -0.134. The number of carbonyl (C=O) groups excluding carboxylic acids is 2. The summed E-state index contributed by atoms with van der Waals surface area (Å²) in [6.45, 7) is 6.79. The molecule has 0 aliphatic heterocycles. The lowest BCUT2D eigenvalue weighted by Gasteiger charge is -2.10. The molecule has 3 aromatic rings. The van der Waals surface area contributed by atoms with Gasteiger partial charge >= 0.3 is 11.6 Å². The van der Waals surface area contributed by atoms with E-state index in [4.69, 9.17) is 13.9 Å². The number of ether oxygens (including phenoxy) is 2. The number of hydrogen-bond acceptors (Lipinski definition) is 6. The van der Waals surface area contributed by atoms with Crippen LogP contribution in [-0.2, 0) is 4.79 Å². The molecule has 1 amide bonds. The molecule has 7 nitrogen and oxygen atoms in total. The Balaban J connectivity index is 1.56. The summed E-state index contributed by atoms with van der Waals surface area (Å²) in [6.07, 6.45) is 1.45. The summed E-state index contributed by atoms with van der Waals surface area (Å²) in [5.74, 6) is 0.188. The Morgan fingerprint density at radius 3 is 2.62 bits per heavy atom. The predicted octanol–water partition coefficient (Wildman–Crippen LogP) is 4.31. The maximum atomic E-state index is 12.2. The minimum atomic E-state index is -0.738. The van der Waals surface area contributed by atoms with Crippen molar-refractivity contribution in [2.45, 2.75) is 40.0 Å². The Kier molecular flexibility index (Phi) is 7.65. The predicted molar refractivity (Wildman–Crippen MR) is 121 cm³/mol. The summed E-state index contributed by atoms with van der Waals surface area (Å²) in [4.78, 5) is 36.4. The normalized spacial score (nSPS) is 10.7. The Hall–Kier alpha value is -3.61. The zero-order valence-corrected chi connectivity index (χ0v) is 18.5. The molecule has 0 saturated carbocycles. The summed E-state index contributed by atoms with van der Waals surface area (Å²) in [7, 11) is 0. The monoisotopic (exact) mass is 437 g/mol. The zero-order chi connectivity index (χ0) is 23.1. The number of hydrogen-bond donors (Lipinski definition) is 1. The highest BCUT2D eigenvalue weighted by Gasteiger charge is 2.14. The molecular formula is C25H27NO6. The van der Waals surface area contributed by atoms with Crippen molar-refractivity contribution in [3.05, 3.63) is 69.6 Å². The number of amides is 1. The van der Waals surface area contributed by atoms with Crippen LogP contribution in [0.25, 0.3) is 11.0 Å². The van der Waals surface area contributed by atoms with Crippen LogP contribution in [0.15, 0.2) is 51.7 Å². The van der Waals surface area contributed by atoms with E-state index in [1.807, 2.05) is 39.0 Å². The van der Waals surface area contributed by atoms with Gasteiger partial charge in [0.05, 0.1) is 6.61 Å². The fourth-order valence-electron chi connectivity index (χ4n) is 3.19. The maximum Gasteiger partial charge on any atom is 0.349 e. The van der Waals surface area contributed by atoms with Crippen molar-refractivity contribution < 1.29 is 23.5 Å². The lowest BCUT2D eigenvalue weighted by Crippen LogP contribution is -2.28. The molecule has 1 heterocycles. The summed E-state index contributed by atoms with van der Waals surface area (Å²) >= 11 is 0. The molecule has 0 unspecified atom stereocenters. The second kappa shape index (κ2) is 10.6. The van der Waals surface area contributed by atoms with Crippen molar-refractivity contribution in [3.63, 3.8) is 0 Å². The van der Waals surface area contributed by atoms with E-state index in [2.05, 4.69) is 5.32 Å². The average Bonchev–Trinajstić information content (AvgIpc) is 2.75. The van der Waals surface area contributed by atoms with Gasteiger partial charge in [0.15, 0.2) is 0 Å². The molecule has 0 aliphatic carbocycles. The molecule has 1 N–H and O–H groups in total. The first-order valence-corrected chi connectivity index (χ1v) is 10.6. The van der Waals surface area contributed by atoms with Gasteiger partial charge in [-0.25, -0.2) is 4.79 Å². The Morgan fingerprint density at radius 1 is 1.06 bits per heavy atom. The minimum Gasteiger partial charge on any atom is -0.493 e. The molecule has 0 bridgehead atoms. The molecule has 2 aromatic carbocycles. The number of carbonyl (C=O) groups is 2. The quantitative estimate of drug-likeness (QED) is 0.232. The van der Waals surface area contributed by atoms with Gasteiger partial charge in [0.1, 0.15) is 22.6 Å². The second-order valence-corrected chi connectivity index (χ2v) is 7.60. The van der Waals surface area contributed by atoms with Crippen molar-refractivity contribution in [3.8, 4) is 11.5 Å². The Bertz CT molecular complexity index is 1180. The van der Waals surface area contributed by atoms with Gasteiger partial charge in [-0.1, -0.05) is 24.6 Å². The van der Waals surface area contributed by atoms with E-state index in [0.717, 1.165) is 17.7 Å². The van der Waals surface area contributed by atoms with Crippen LogP contribution in [-0.4, -0.2) is 25.0 Å². The van der Waals surface area contributed by atoms with E-state index < -0.39 is 17.5 Å². The highest BCUT2D eigenvalue weighted by Crippen LogP contribution is 2.22.